The monoisotopic (exact) mass is 232 g/mol. The van der Waals surface area contributed by atoms with Gasteiger partial charge in [-0.3, -0.25) is 0 Å². The van der Waals surface area contributed by atoms with Gasteiger partial charge in [-0.1, -0.05) is 0 Å². The van der Waals surface area contributed by atoms with Crippen LogP contribution in [0.25, 0.3) is 11.1 Å². The lowest BCUT2D eigenvalue weighted by Crippen LogP contribution is -2.17. The normalized spacial score (nSPS) is 15.6. The molecule has 5 heteroatoms. The lowest BCUT2D eigenvalue weighted by molar-refractivity contribution is 0.0697. The lowest BCUT2D eigenvalue weighted by Gasteiger charge is -2.10. The van der Waals surface area contributed by atoms with Crippen LogP contribution >= 0.6 is 0 Å². The molecule has 17 heavy (non-hydrogen) atoms. The Labute approximate surface area is 97.7 Å². The van der Waals surface area contributed by atoms with Gasteiger partial charge in [-0.25, -0.2) is 4.79 Å². The third kappa shape index (κ3) is 1.73. The molecule has 0 atom stereocenters. The first kappa shape index (κ1) is 10.1. The second-order valence-corrected chi connectivity index (χ2v) is 4.18. The van der Waals surface area contributed by atoms with Crippen LogP contribution < -0.4 is 4.90 Å². The number of aromatic carboxylic acids is 1. The standard InChI is InChI=1S/C12H12N2O3/c15-11(16)8-3-4-9-10(7-8)17-12(13-9)14-5-1-2-6-14/h3-4,7H,1-2,5-6H2,(H,15,16). The zero-order chi connectivity index (χ0) is 11.8. The van der Waals surface area contributed by atoms with Crippen LogP contribution in [-0.4, -0.2) is 29.1 Å². The van der Waals surface area contributed by atoms with Crippen LogP contribution in [0.5, 0.6) is 0 Å². The Morgan fingerprint density at radius 3 is 2.82 bits per heavy atom. The van der Waals surface area contributed by atoms with Crippen LogP contribution in [0.3, 0.4) is 0 Å². The van der Waals surface area contributed by atoms with Crippen LogP contribution in [0.15, 0.2) is 22.6 Å². The van der Waals surface area contributed by atoms with Crippen molar-refractivity contribution < 1.29 is 14.3 Å². The molecule has 0 bridgehead atoms. The van der Waals surface area contributed by atoms with Gasteiger partial charge in [-0.2, -0.15) is 4.98 Å². The molecule has 0 spiro atoms. The van der Waals surface area contributed by atoms with Gasteiger partial charge in [0.1, 0.15) is 5.52 Å². The molecule has 1 aromatic heterocycles. The maximum Gasteiger partial charge on any atom is 0.335 e. The second kappa shape index (κ2) is 3.76. The maximum absolute atomic E-state index is 10.8. The molecule has 3 rings (SSSR count). The van der Waals surface area contributed by atoms with Gasteiger partial charge in [0.2, 0.25) is 0 Å². The molecule has 2 aromatic rings. The third-order valence-corrected chi connectivity index (χ3v) is 3.00. The predicted molar refractivity (Wildman–Crippen MR) is 62.4 cm³/mol. The Balaban J connectivity index is 2.03. The van der Waals surface area contributed by atoms with E-state index in [1.54, 1.807) is 12.1 Å². The highest BCUT2D eigenvalue weighted by Gasteiger charge is 2.18. The number of rotatable bonds is 2. The third-order valence-electron chi connectivity index (χ3n) is 3.00. The van der Waals surface area contributed by atoms with Crippen molar-refractivity contribution in [3.63, 3.8) is 0 Å². The zero-order valence-electron chi connectivity index (χ0n) is 9.22. The van der Waals surface area contributed by atoms with Crippen molar-refractivity contribution in [1.29, 1.82) is 0 Å². The summed E-state index contributed by atoms with van der Waals surface area (Å²) >= 11 is 0. The first-order chi connectivity index (χ1) is 8.24. The number of aromatic nitrogens is 1. The van der Waals surface area contributed by atoms with Gasteiger partial charge in [0.15, 0.2) is 5.58 Å². The number of hydrogen-bond acceptors (Lipinski definition) is 4. The molecule has 1 aliphatic rings. The molecule has 1 aliphatic heterocycles. The second-order valence-electron chi connectivity index (χ2n) is 4.18. The Morgan fingerprint density at radius 2 is 2.12 bits per heavy atom. The van der Waals surface area contributed by atoms with E-state index in [9.17, 15) is 4.79 Å². The Morgan fingerprint density at radius 1 is 1.35 bits per heavy atom. The van der Waals surface area contributed by atoms with Gasteiger partial charge in [0.25, 0.3) is 6.01 Å². The molecule has 1 fully saturated rings. The molecule has 0 unspecified atom stereocenters. The number of hydrogen-bond donors (Lipinski definition) is 1. The number of benzene rings is 1. The summed E-state index contributed by atoms with van der Waals surface area (Å²) in [6.45, 7) is 1.91. The van der Waals surface area contributed by atoms with Crippen LogP contribution in [0.2, 0.25) is 0 Å². The van der Waals surface area contributed by atoms with E-state index in [2.05, 4.69) is 9.88 Å². The molecule has 0 amide bonds. The molecule has 2 heterocycles. The molecular formula is C12H12N2O3. The van der Waals surface area contributed by atoms with Gasteiger partial charge in [0.05, 0.1) is 5.56 Å². The van der Waals surface area contributed by atoms with Gasteiger partial charge in [-0.05, 0) is 31.0 Å². The Kier molecular flexibility index (Phi) is 2.24. The van der Waals surface area contributed by atoms with E-state index in [1.165, 1.54) is 6.07 Å². The van der Waals surface area contributed by atoms with E-state index < -0.39 is 5.97 Å². The summed E-state index contributed by atoms with van der Waals surface area (Å²) < 4.78 is 5.59. The van der Waals surface area contributed by atoms with E-state index >= 15 is 0 Å². The number of carboxylic acid groups (broad SMARTS) is 1. The highest BCUT2D eigenvalue weighted by atomic mass is 16.4. The quantitative estimate of drug-likeness (QED) is 0.859. The van der Waals surface area contributed by atoms with Crippen molar-refractivity contribution in [2.24, 2.45) is 0 Å². The SMILES string of the molecule is O=C(O)c1ccc2nc(N3CCCC3)oc2c1. The number of carbonyl (C=O) groups is 1. The molecular weight excluding hydrogens is 220 g/mol. The minimum Gasteiger partial charge on any atom is -0.478 e. The molecule has 0 saturated carbocycles. The molecule has 88 valence electrons. The molecule has 1 N–H and O–H groups in total. The van der Waals surface area contributed by atoms with Crippen LogP contribution in [-0.2, 0) is 0 Å². The van der Waals surface area contributed by atoms with Gasteiger partial charge in [-0.15, -0.1) is 0 Å². The van der Waals surface area contributed by atoms with Crippen LogP contribution in [0.1, 0.15) is 23.2 Å². The minimum absolute atomic E-state index is 0.224. The maximum atomic E-state index is 10.8. The van der Waals surface area contributed by atoms with E-state index in [-0.39, 0.29) is 5.56 Å². The van der Waals surface area contributed by atoms with E-state index in [0.717, 1.165) is 25.9 Å². The number of oxazole rings is 1. The number of fused-ring (bicyclic) bond motifs is 1. The van der Waals surface area contributed by atoms with Gasteiger partial charge in [0, 0.05) is 13.1 Å². The van der Waals surface area contributed by atoms with Crippen molar-refractivity contribution in [2.45, 2.75) is 12.8 Å². The average Bonchev–Trinajstić information content (AvgIpc) is 2.96. The van der Waals surface area contributed by atoms with Crippen molar-refractivity contribution >= 4 is 23.1 Å². The largest absolute Gasteiger partial charge is 0.478 e. The fourth-order valence-electron chi connectivity index (χ4n) is 2.09. The number of nitrogens with zero attached hydrogens (tertiary/aromatic N) is 2. The zero-order valence-corrected chi connectivity index (χ0v) is 9.22. The topological polar surface area (TPSA) is 66.6 Å². The minimum atomic E-state index is -0.953. The van der Waals surface area contributed by atoms with Crippen LogP contribution in [0.4, 0.5) is 6.01 Å². The summed E-state index contributed by atoms with van der Waals surface area (Å²) in [7, 11) is 0. The highest BCUT2D eigenvalue weighted by molar-refractivity contribution is 5.92. The van der Waals surface area contributed by atoms with Crippen molar-refractivity contribution in [1.82, 2.24) is 4.98 Å². The molecule has 5 nitrogen and oxygen atoms in total. The summed E-state index contributed by atoms with van der Waals surface area (Å²) in [5, 5.41) is 8.89. The predicted octanol–water partition coefficient (Wildman–Crippen LogP) is 2.13. The molecule has 0 radical (unpaired) electrons. The van der Waals surface area contributed by atoms with Gasteiger partial charge < -0.3 is 14.4 Å². The highest BCUT2D eigenvalue weighted by Crippen LogP contribution is 2.25. The first-order valence-electron chi connectivity index (χ1n) is 5.63. The average molecular weight is 232 g/mol. The van der Waals surface area contributed by atoms with Gasteiger partial charge >= 0.3 is 5.97 Å². The summed E-state index contributed by atoms with van der Waals surface area (Å²) in [5.41, 5.74) is 1.46. The van der Waals surface area contributed by atoms with E-state index in [0.29, 0.717) is 17.1 Å². The van der Waals surface area contributed by atoms with Crippen LogP contribution in [0, 0.1) is 0 Å². The van der Waals surface area contributed by atoms with Crippen molar-refractivity contribution in [3.8, 4) is 0 Å². The van der Waals surface area contributed by atoms with Crippen molar-refractivity contribution in [2.75, 3.05) is 18.0 Å². The fourth-order valence-corrected chi connectivity index (χ4v) is 2.09. The van der Waals surface area contributed by atoms with Crippen molar-refractivity contribution in [3.05, 3.63) is 23.8 Å². The number of carboxylic acids is 1. The van der Waals surface area contributed by atoms with E-state index in [4.69, 9.17) is 9.52 Å². The Hall–Kier alpha value is -2.04. The summed E-state index contributed by atoms with van der Waals surface area (Å²) in [4.78, 5) is 17.3. The summed E-state index contributed by atoms with van der Waals surface area (Å²) in [6.07, 6.45) is 2.30. The molecule has 0 aliphatic carbocycles. The first-order valence-corrected chi connectivity index (χ1v) is 5.63. The number of anilines is 1. The van der Waals surface area contributed by atoms with E-state index in [1.807, 2.05) is 0 Å². The fraction of sp³-hybridized carbons (Fsp3) is 0.333. The molecule has 1 aromatic carbocycles. The molecule has 1 saturated heterocycles. The summed E-state index contributed by atoms with van der Waals surface area (Å²) in [5.74, 6) is -0.953. The smallest absolute Gasteiger partial charge is 0.335 e. The lowest BCUT2D eigenvalue weighted by atomic mass is 10.2. The Bertz CT molecular complexity index is 570. The summed E-state index contributed by atoms with van der Waals surface area (Å²) in [6, 6.07) is 5.34.